The highest BCUT2D eigenvalue weighted by molar-refractivity contribution is 5.97. The lowest BCUT2D eigenvalue weighted by Gasteiger charge is -2.13. The highest BCUT2D eigenvalue weighted by atomic mass is 16.5. The van der Waals surface area contributed by atoms with Gasteiger partial charge in [-0.1, -0.05) is 0 Å². The summed E-state index contributed by atoms with van der Waals surface area (Å²) in [5.41, 5.74) is 3.65. The van der Waals surface area contributed by atoms with Crippen molar-refractivity contribution in [1.29, 1.82) is 0 Å². The quantitative estimate of drug-likeness (QED) is 0.262. The molecule has 0 bridgehead atoms. The van der Waals surface area contributed by atoms with E-state index in [1.807, 2.05) is 57.2 Å². The third kappa shape index (κ3) is 5.45. The summed E-state index contributed by atoms with van der Waals surface area (Å²) in [6.07, 6.45) is 3.16. The molecule has 0 saturated carbocycles. The number of hydrogen-bond donors (Lipinski definition) is 3. The van der Waals surface area contributed by atoms with Crippen LogP contribution >= 0.6 is 0 Å². The predicted molar refractivity (Wildman–Crippen MR) is 147 cm³/mol. The molecule has 3 aromatic carbocycles. The molecule has 9 nitrogen and oxygen atoms in total. The molecule has 3 N–H and O–H groups in total. The van der Waals surface area contributed by atoms with Crippen LogP contribution in [0.5, 0.6) is 17.2 Å². The van der Waals surface area contributed by atoms with Crippen molar-refractivity contribution in [2.75, 3.05) is 17.2 Å². The number of anilines is 3. The summed E-state index contributed by atoms with van der Waals surface area (Å²) in [5, 5.41) is 17.4. The van der Waals surface area contributed by atoms with Crippen LogP contribution in [0.1, 0.15) is 26.3 Å². The summed E-state index contributed by atoms with van der Waals surface area (Å²) in [4.78, 5) is 17.6. The number of ether oxygens (including phenoxy) is 2. The Bertz CT molecular complexity index is 1530. The second-order valence-electron chi connectivity index (χ2n) is 9.34. The fraction of sp³-hybridized carbons (Fsp3) is 0.214. The molecule has 9 heteroatoms. The van der Waals surface area contributed by atoms with Gasteiger partial charge in [0.1, 0.15) is 41.7 Å². The first-order valence-corrected chi connectivity index (χ1v) is 11.9. The van der Waals surface area contributed by atoms with Gasteiger partial charge in [0, 0.05) is 29.0 Å². The van der Waals surface area contributed by atoms with Gasteiger partial charge in [-0.2, -0.15) is 0 Å². The van der Waals surface area contributed by atoms with Gasteiger partial charge in [-0.25, -0.2) is 15.0 Å². The molecule has 0 radical (unpaired) electrons. The maximum absolute atomic E-state index is 9.94. The zero-order chi connectivity index (χ0) is 26.0. The predicted octanol–water partition coefficient (Wildman–Crippen LogP) is 6.48. The van der Waals surface area contributed by atoms with Gasteiger partial charge in [0.15, 0.2) is 0 Å². The van der Waals surface area contributed by atoms with Crippen LogP contribution in [0.3, 0.4) is 0 Å². The minimum Gasteiger partial charge on any atom is -0.506 e. The molecule has 37 heavy (non-hydrogen) atoms. The van der Waals surface area contributed by atoms with Gasteiger partial charge >= 0.3 is 0 Å². The van der Waals surface area contributed by atoms with E-state index < -0.39 is 0 Å². The molecule has 2 heterocycles. The molecule has 5 rings (SSSR count). The van der Waals surface area contributed by atoms with Crippen LogP contribution in [0, 0.1) is 6.92 Å². The Kier molecular flexibility index (Phi) is 6.35. The van der Waals surface area contributed by atoms with Crippen molar-refractivity contribution in [1.82, 2.24) is 9.97 Å². The van der Waals surface area contributed by atoms with Crippen molar-refractivity contribution in [2.45, 2.75) is 33.2 Å². The van der Waals surface area contributed by atoms with Gasteiger partial charge in [-0.05, 0) is 81.8 Å². The first-order chi connectivity index (χ1) is 17.8. The summed E-state index contributed by atoms with van der Waals surface area (Å²) >= 11 is 0. The van der Waals surface area contributed by atoms with Gasteiger partial charge in [-0.15, -0.1) is 0 Å². The second kappa shape index (κ2) is 9.77. The second-order valence-corrected chi connectivity index (χ2v) is 9.34. The number of aromatic hydroxyl groups is 1. The first-order valence-electron chi connectivity index (χ1n) is 11.9. The molecule has 0 aliphatic carbocycles. The van der Waals surface area contributed by atoms with Crippen molar-refractivity contribution >= 4 is 46.0 Å². The minimum absolute atomic E-state index is 0.102. The van der Waals surface area contributed by atoms with Gasteiger partial charge in [0.25, 0.3) is 6.02 Å². The van der Waals surface area contributed by atoms with Crippen LogP contribution in [0.25, 0.3) is 10.9 Å². The number of aliphatic imine (C=N–C) groups is 2. The van der Waals surface area contributed by atoms with Gasteiger partial charge < -0.3 is 25.2 Å². The number of aromatic nitrogens is 2. The number of nitrogens with zero attached hydrogens (tertiary/aromatic N) is 4. The monoisotopic (exact) mass is 496 g/mol. The van der Waals surface area contributed by atoms with E-state index in [4.69, 9.17) is 9.47 Å². The highest BCUT2D eigenvalue weighted by Crippen LogP contribution is 2.35. The SMILES string of the molecule is CC=Nc1cc(Oc2ccc(Nc3ncnc4ccc(NC5=NC(C)(C)CO5)cc34)cc2C)ccc1O. The van der Waals surface area contributed by atoms with Crippen molar-refractivity contribution in [3.63, 3.8) is 0 Å². The Labute approximate surface area is 214 Å². The number of amidine groups is 1. The number of phenols is 1. The number of phenolic OH excluding ortho intramolecular Hbond substituents is 1. The summed E-state index contributed by atoms with van der Waals surface area (Å²) in [7, 11) is 0. The summed E-state index contributed by atoms with van der Waals surface area (Å²) in [6.45, 7) is 8.35. The molecular weight excluding hydrogens is 468 g/mol. The van der Waals surface area contributed by atoms with Crippen LogP contribution in [-0.4, -0.2) is 39.5 Å². The number of hydrogen-bond acceptors (Lipinski definition) is 9. The number of benzene rings is 3. The minimum atomic E-state index is -0.239. The van der Waals surface area contributed by atoms with Crippen molar-refractivity contribution in [3.05, 3.63) is 66.5 Å². The normalized spacial score (nSPS) is 14.4. The Morgan fingerprint density at radius 2 is 1.84 bits per heavy atom. The smallest absolute Gasteiger partial charge is 0.289 e. The molecule has 4 aromatic rings. The van der Waals surface area contributed by atoms with E-state index in [2.05, 4.69) is 30.6 Å². The zero-order valence-electron chi connectivity index (χ0n) is 21.1. The standard InChI is InChI=1S/C28H28N6O3/c1-5-29-23-14-20(8-10-24(23)35)37-25-11-7-18(12-17(25)2)32-26-21-13-19(6-9-22(21)30-16-31-26)33-27-34-28(3,4)15-36-27/h5-14,16,35H,15H2,1-4H3,(H,33,34)(H,30,31,32). The zero-order valence-corrected chi connectivity index (χ0v) is 21.1. The van der Waals surface area contributed by atoms with E-state index in [0.29, 0.717) is 35.6 Å². The highest BCUT2D eigenvalue weighted by Gasteiger charge is 2.26. The van der Waals surface area contributed by atoms with E-state index in [1.165, 1.54) is 6.33 Å². The van der Waals surface area contributed by atoms with E-state index in [-0.39, 0.29) is 11.3 Å². The topological polar surface area (TPSA) is 113 Å². The fourth-order valence-electron chi connectivity index (χ4n) is 3.92. The third-order valence-electron chi connectivity index (χ3n) is 5.73. The van der Waals surface area contributed by atoms with Crippen LogP contribution in [0.15, 0.2) is 70.9 Å². The molecule has 1 aliphatic rings. The van der Waals surface area contributed by atoms with E-state index in [0.717, 1.165) is 27.8 Å². The molecular formula is C28H28N6O3. The molecule has 1 aromatic heterocycles. The molecule has 0 spiro atoms. The molecule has 0 atom stereocenters. The number of aryl methyl sites for hydroxylation is 1. The Balaban J connectivity index is 1.36. The summed E-state index contributed by atoms with van der Waals surface area (Å²) < 4.78 is 11.7. The maximum atomic E-state index is 9.94. The van der Waals surface area contributed by atoms with Crippen LogP contribution < -0.4 is 15.4 Å². The average Bonchev–Trinajstić information content (AvgIpc) is 3.21. The number of rotatable bonds is 6. The Morgan fingerprint density at radius 3 is 2.59 bits per heavy atom. The molecule has 0 unspecified atom stereocenters. The molecule has 1 aliphatic heterocycles. The molecule has 188 valence electrons. The van der Waals surface area contributed by atoms with Crippen molar-refractivity contribution in [3.8, 4) is 17.2 Å². The lowest BCUT2D eigenvalue weighted by atomic mass is 10.1. The average molecular weight is 497 g/mol. The van der Waals surface area contributed by atoms with Gasteiger partial charge in [0.05, 0.1) is 11.1 Å². The largest absolute Gasteiger partial charge is 0.506 e. The third-order valence-corrected chi connectivity index (χ3v) is 5.73. The lowest BCUT2D eigenvalue weighted by molar-refractivity contribution is 0.278. The Morgan fingerprint density at radius 1 is 1.03 bits per heavy atom. The number of fused-ring (bicyclic) bond motifs is 1. The van der Waals surface area contributed by atoms with Gasteiger partial charge in [0.2, 0.25) is 0 Å². The first kappa shape index (κ1) is 24.1. The van der Waals surface area contributed by atoms with Crippen LogP contribution in [0.2, 0.25) is 0 Å². The Hall–Kier alpha value is -4.66. The molecule has 0 saturated heterocycles. The summed E-state index contributed by atoms with van der Waals surface area (Å²) in [5.74, 6) is 2.06. The maximum Gasteiger partial charge on any atom is 0.289 e. The lowest BCUT2D eigenvalue weighted by Crippen LogP contribution is -2.17. The van der Waals surface area contributed by atoms with Crippen LogP contribution in [0.4, 0.5) is 22.9 Å². The van der Waals surface area contributed by atoms with Gasteiger partial charge in [-0.3, -0.25) is 4.99 Å². The van der Waals surface area contributed by atoms with Crippen LogP contribution in [-0.2, 0) is 4.74 Å². The van der Waals surface area contributed by atoms with Crippen molar-refractivity contribution in [2.24, 2.45) is 9.98 Å². The van der Waals surface area contributed by atoms with Crippen molar-refractivity contribution < 1.29 is 14.6 Å². The molecule has 0 amide bonds. The number of nitrogens with one attached hydrogen (secondary N) is 2. The van der Waals surface area contributed by atoms with E-state index >= 15 is 0 Å². The van der Waals surface area contributed by atoms with E-state index in [1.54, 1.807) is 31.3 Å². The summed E-state index contributed by atoms with van der Waals surface area (Å²) in [6, 6.07) is 17.1. The fourth-order valence-corrected chi connectivity index (χ4v) is 3.92. The van der Waals surface area contributed by atoms with E-state index in [9.17, 15) is 5.11 Å². The molecule has 0 fully saturated rings.